The lowest BCUT2D eigenvalue weighted by atomic mass is 9.98. The van der Waals surface area contributed by atoms with Gasteiger partial charge in [0.2, 0.25) is 5.91 Å². The Balaban J connectivity index is 1.39. The van der Waals surface area contributed by atoms with Gasteiger partial charge in [-0.25, -0.2) is 5.43 Å². The van der Waals surface area contributed by atoms with Crippen LogP contribution in [0.15, 0.2) is 77.9 Å². The molecule has 0 saturated heterocycles. The fourth-order valence-corrected chi connectivity index (χ4v) is 4.43. The molecule has 0 radical (unpaired) electrons. The summed E-state index contributed by atoms with van der Waals surface area (Å²) in [5, 5.41) is 9.26. The summed E-state index contributed by atoms with van der Waals surface area (Å²) in [5.41, 5.74) is 8.49. The Kier molecular flexibility index (Phi) is 4.36. The number of nitrogens with one attached hydrogen (secondary N) is 1. The van der Waals surface area contributed by atoms with Crippen LogP contribution in [0, 0.1) is 0 Å². The highest BCUT2D eigenvalue weighted by molar-refractivity contribution is 6.11. The Labute approximate surface area is 170 Å². The molecule has 1 amide bonds. The summed E-state index contributed by atoms with van der Waals surface area (Å²) in [6.07, 6.45) is 2.52. The van der Waals surface area contributed by atoms with Crippen LogP contribution in [0.1, 0.15) is 29.2 Å². The van der Waals surface area contributed by atoms with Gasteiger partial charge < -0.3 is 0 Å². The minimum Gasteiger partial charge on any atom is -0.273 e. The Hall–Kier alpha value is -3.46. The minimum absolute atomic E-state index is 0.105. The van der Waals surface area contributed by atoms with E-state index in [0.29, 0.717) is 6.42 Å². The van der Waals surface area contributed by atoms with E-state index in [2.05, 4.69) is 59.1 Å². The summed E-state index contributed by atoms with van der Waals surface area (Å²) in [7, 11) is 0. The van der Waals surface area contributed by atoms with Crippen LogP contribution >= 0.6 is 0 Å². The SMILES string of the molecule is C/C(=N/NC(=O)Cc1cccc2ccccc12)c1ccc2c3c(cccc13)CC2. The summed E-state index contributed by atoms with van der Waals surface area (Å²) in [4.78, 5) is 12.6. The number of fused-ring (bicyclic) bond motifs is 1. The number of hydrogen-bond donors (Lipinski definition) is 1. The number of carbonyl (C=O) groups is 1. The van der Waals surface area contributed by atoms with E-state index in [1.165, 1.54) is 21.9 Å². The van der Waals surface area contributed by atoms with Crippen LogP contribution in [0.25, 0.3) is 21.5 Å². The second-order valence-corrected chi connectivity index (χ2v) is 7.66. The minimum atomic E-state index is -0.105. The molecule has 0 fully saturated rings. The highest BCUT2D eigenvalue weighted by Crippen LogP contribution is 2.33. The molecule has 3 heteroatoms. The number of amides is 1. The molecule has 1 aliphatic rings. The molecule has 142 valence electrons. The van der Waals surface area contributed by atoms with Gasteiger partial charge in [0.25, 0.3) is 0 Å². The van der Waals surface area contributed by atoms with Crippen LogP contribution in [0.4, 0.5) is 0 Å². The van der Waals surface area contributed by atoms with Gasteiger partial charge in [0.15, 0.2) is 0 Å². The molecule has 5 rings (SSSR count). The summed E-state index contributed by atoms with van der Waals surface area (Å²) < 4.78 is 0. The first-order valence-electron chi connectivity index (χ1n) is 10.0. The van der Waals surface area contributed by atoms with Crippen molar-refractivity contribution in [1.29, 1.82) is 0 Å². The highest BCUT2D eigenvalue weighted by Gasteiger charge is 2.16. The molecule has 0 heterocycles. The molecule has 4 aromatic carbocycles. The third-order valence-electron chi connectivity index (χ3n) is 5.85. The lowest BCUT2D eigenvalue weighted by Gasteiger charge is -2.09. The Morgan fingerprint density at radius 2 is 1.59 bits per heavy atom. The Bertz CT molecular complexity index is 1270. The van der Waals surface area contributed by atoms with Crippen molar-refractivity contribution >= 4 is 33.2 Å². The zero-order valence-corrected chi connectivity index (χ0v) is 16.4. The first kappa shape index (κ1) is 17.6. The van der Waals surface area contributed by atoms with Crippen LogP contribution in [0.3, 0.4) is 0 Å². The molecule has 0 saturated carbocycles. The maximum absolute atomic E-state index is 12.6. The molecule has 0 aliphatic heterocycles. The average Bonchev–Trinajstić information content (AvgIpc) is 3.18. The van der Waals surface area contributed by atoms with Gasteiger partial charge in [0, 0.05) is 5.56 Å². The number of nitrogens with zero attached hydrogens (tertiary/aromatic N) is 1. The molecule has 0 aromatic heterocycles. The van der Waals surface area contributed by atoms with Crippen LogP contribution in [-0.2, 0) is 24.1 Å². The third-order valence-corrected chi connectivity index (χ3v) is 5.85. The topological polar surface area (TPSA) is 41.5 Å². The lowest BCUT2D eigenvalue weighted by molar-refractivity contribution is -0.120. The molecular weight excluding hydrogens is 356 g/mol. The van der Waals surface area contributed by atoms with E-state index in [1.54, 1.807) is 0 Å². The van der Waals surface area contributed by atoms with Crippen LogP contribution < -0.4 is 5.43 Å². The predicted molar refractivity (Wildman–Crippen MR) is 119 cm³/mol. The number of benzene rings is 4. The summed E-state index contributed by atoms with van der Waals surface area (Å²) in [6.45, 7) is 1.96. The molecule has 4 aromatic rings. The molecule has 29 heavy (non-hydrogen) atoms. The molecule has 0 spiro atoms. The second-order valence-electron chi connectivity index (χ2n) is 7.66. The highest BCUT2D eigenvalue weighted by atomic mass is 16.2. The average molecular weight is 378 g/mol. The monoisotopic (exact) mass is 378 g/mol. The normalized spacial score (nSPS) is 13.2. The van der Waals surface area contributed by atoms with Gasteiger partial charge in [-0.2, -0.15) is 5.10 Å². The van der Waals surface area contributed by atoms with Gasteiger partial charge in [-0.05, 0) is 58.0 Å². The third kappa shape index (κ3) is 3.19. The van der Waals surface area contributed by atoms with E-state index in [4.69, 9.17) is 0 Å². The molecular formula is C26H22N2O. The molecule has 1 N–H and O–H groups in total. The fourth-order valence-electron chi connectivity index (χ4n) is 4.43. The quantitative estimate of drug-likeness (QED) is 0.386. The van der Waals surface area contributed by atoms with Crippen LogP contribution in [0.5, 0.6) is 0 Å². The van der Waals surface area contributed by atoms with Gasteiger partial charge in [-0.1, -0.05) is 72.8 Å². The van der Waals surface area contributed by atoms with E-state index in [9.17, 15) is 4.79 Å². The zero-order chi connectivity index (χ0) is 19.8. The van der Waals surface area contributed by atoms with Crippen molar-refractivity contribution < 1.29 is 4.79 Å². The van der Waals surface area contributed by atoms with E-state index < -0.39 is 0 Å². The predicted octanol–water partition coefficient (Wildman–Crippen LogP) is 5.17. The van der Waals surface area contributed by atoms with Gasteiger partial charge in [0.1, 0.15) is 0 Å². The first-order valence-corrected chi connectivity index (χ1v) is 10.0. The van der Waals surface area contributed by atoms with Crippen molar-refractivity contribution in [2.75, 3.05) is 0 Å². The van der Waals surface area contributed by atoms with E-state index in [0.717, 1.165) is 40.5 Å². The van der Waals surface area contributed by atoms with Crippen LogP contribution in [-0.4, -0.2) is 11.6 Å². The van der Waals surface area contributed by atoms with Crippen molar-refractivity contribution in [3.05, 3.63) is 95.1 Å². The molecule has 1 aliphatic carbocycles. The van der Waals surface area contributed by atoms with Crippen molar-refractivity contribution in [2.24, 2.45) is 5.10 Å². The number of hydrogen-bond acceptors (Lipinski definition) is 2. The summed E-state index contributed by atoms with van der Waals surface area (Å²) in [5.74, 6) is -0.105. The molecule has 0 unspecified atom stereocenters. The molecule has 0 bridgehead atoms. The number of aryl methyl sites for hydroxylation is 2. The van der Waals surface area contributed by atoms with Crippen molar-refractivity contribution in [2.45, 2.75) is 26.2 Å². The first-order chi connectivity index (χ1) is 14.2. The van der Waals surface area contributed by atoms with Crippen molar-refractivity contribution in [1.82, 2.24) is 5.43 Å². The van der Waals surface area contributed by atoms with Crippen LogP contribution in [0.2, 0.25) is 0 Å². The van der Waals surface area contributed by atoms with E-state index in [1.807, 2.05) is 31.2 Å². The molecule has 3 nitrogen and oxygen atoms in total. The Morgan fingerprint density at radius 3 is 2.48 bits per heavy atom. The second kappa shape index (κ2) is 7.17. The smallest absolute Gasteiger partial charge is 0.244 e. The zero-order valence-electron chi connectivity index (χ0n) is 16.4. The number of rotatable bonds is 4. The van der Waals surface area contributed by atoms with Gasteiger partial charge >= 0.3 is 0 Å². The standard InChI is InChI=1S/C26H22N2O/c1-17(22-15-14-20-13-12-19-8-5-11-24(22)26(19)20)27-28-25(29)16-21-9-4-7-18-6-2-3-10-23(18)21/h2-11,14-15H,12-13,16H2,1H3,(H,28,29)/b27-17-. The summed E-state index contributed by atoms with van der Waals surface area (Å²) >= 11 is 0. The molecule has 0 atom stereocenters. The largest absolute Gasteiger partial charge is 0.273 e. The Morgan fingerprint density at radius 1 is 0.862 bits per heavy atom. The van der Waals surface area contributed by atoms with E-state index >= 15 is 0 Å². The van der Waals surface area contributed by atoms with Crippen molar-refractivity contribution in [3.63, 3.8) is 0 Å². The summed E-state index contributed by atoms with van der Waals surface area (Å²) in [6, 6.07) is 25.0. The number of hydrazone groups is 1. The van der Waals surface area contributed by atoms with E-state index in [-0.39, 0.29) is 5.91 Å². The lowest BCUT2D eigenvalue weighted by Crippen LogP contribution is -2.21. The number of carbonyl (C=O) groups excluding carboxylic acids is 1. The van der Waals surface area contributed by atoms with Gasteiger partial charge in [-0.3, -0.25) is 4.79 Å². The fraction of sp³-hybridized carbons (Fsp3) is 0.154. The van der Waals surface area contributed by atoms with Crippen molar-refractivity contribution in [3.8, 4) is 0 Å². The maximum Gasteiger partial charge on any atom is 0.244 e. The van der Waals surface area contributed by atoms with Gasteiger partial charge in [0.05, 0.1) is 12.1 Å². The maximum atomic E-state index is 12.6. The van der Waals surface area contributed by atoms with Gasteiger partial charge in [-0.15, -0.1) is 0 Å².